The molecule has 0 saturated heterocycles. The van der Waals surface area contributed by atoms with Crippen molar-refractivity contribution in [1.29, 1.82) is 0 Å². The summed E-state index contributed by atoms with van der Waals surface area (Å²) in [4.78, 5) is 0.784. The molecule has 0 saturated carbocycles. The Balaban J connectivity index is 0.871. The van der Waals surface area contributed by atoms with Crippen LogP contribution in [0.4, 0.5) is 45.5 Å². The predicted octanol–water partition coefficient (Wildman–Crippen LogP) is 13.8. The van der Waals surface area contributed by atoms with Gasteiger partial charge in [-0.1, -0.05) is 42.5 Å². The van der Waals surface area contributed by atoms with Crippen molar-refractivity contribution in [2.75, 3.05) is 0 Å². The second-order valence-electron chi connectivity index (χ2n) is 15.7. The Kier molecular flexibility index (Phi) is 11.8. The van der Waals surface area contributed by atoms with Gasteiger partial charge in [-0.3, -0.25) is 9.11 Å². The smallest absolute Gasteiger partial charge is 0.296 e. The molecule has 0 aliphatic rings. The Hall–Kier alpha value is -8.30. The molecule has 9 rings (SSSR count). The van der Waals surface area contributed by atoms with Crippen molar-refractivity contribution in [3.05, 3.63) is 156 Å². The maximum absolute atomic E-state index is 12.2. The summed E-state index contributed by atoms with van der Waals surface area (Å²) in [5.41, 5.74) is 8.23. The van der Waals surface area contributed by atoms with E-state index in [1.807, 2.05) is 45.9 Å². The van der Waals surface area contributed by atoms with Crippen LogP contribution < -0.4 is 0 Å². The Labute approximate surface area is 388 Å². The van der Waals surface area contributed by atoms with E-state index in [0.717, 1.165) is 22.3 Å². The third-order valence-electron chi connectivity index (χ3n) is 10.9. The molecule has 1 heterocycles. The number of aromatic nitrogens is 3. The average Bonchev–Trinajstić information content (AvgIpc) is 3.75. The summed E-state index contributed by atoms with van der Waals surface area (Å²) in [7, 11) is -8.98. The standard InChI is InChI=1S/C48H37N11O7S2/c1-27-21-33(14-19-38(27)51-49-32-15-20-39(28(2)22-32)52-53-40-11-7-8-12-45(40)67(61,62)63)50-55-42-23-30(4)43(24-29(42)3)56-54-41-18-13-31-25-34(16-17-35(31)48(41)60)59-57-44-26-46(68(64,65)66)36-9-5-6-10-37(36)47(44)58-59/h5-26,60H,1-4H3,(H,61,62,63)(H,64,65,66). The van der Waals surface area contributed by atoms with Gasteiger partial charge in [-0.15, -0.1) is 20.4 Å². The Morgan fingerprint density at radius 1 is 0.441 bits per heavy atom. The minimum atomic E-state index is -4.52. The van der Waals surface area contributed by atoms with Gasteiger partial charge in [0.2, 0.25) is 0 Å². The van der Waals surface area contributed by atoms with Crippen LogP contribution in [0.5, 0.6) is 5.75 Å². The van der Waals surface area contributed by atoms with Crippen molar-refractivity contribution in [3.63, 3.8) is 0 Å². The molecule has 0 unspecified atom stereocenters. The van der Waals surface area contributed by atoms with Crippen LogP contribution in [-0.2, 0) is 20.2 Å². The van der Waals surface area contributed by atoms with E-state index < -0.39 is 20.2 Å². The molecule has 1 aromatic heterocycles. The lowest BCUT2D eigenvalue weighted by Crippen LogP contribution is -1.99. The molecule has 0 bridgehead atoms. The maximum atomic E-state index is 12.2. The number of hydrogen-bond donors (Lipinski definition) is 3. The van der Waals surface area contributed by atoms with Gasteiger partial charge in [0.1, 0.15) is 32.2 Å². The highest BCUT2D eigenvalue weighted by Gasteiger charge is 2.20. The van der Waals surface area contributed by atoms with Crippen LogP contribution in [-0.4, -0.2) is 46.0 Å². The topological polar surface area (TPSA) is 259 Å². The number of azo groups is 4. The molecule has 18 nitrogen and oxygen atoms in total. The third kappa shape index (κ3) is 9.24. The highest BCUT2D eigenvalue weighted by atomic mass is 32.2. The second-order valence-corrected chi connectivity index (χ2v) is 18.5. The molecule has 8 aromatic carbocycles. The minimum absolute atomic E-state index is 0.0137. The van der Waals surface area contributed by atoms with Crippen molar-refractivity contribution < 1.29 is 31.0 Å². The maximum Gasteiger partial charge on any atom is 0.296 e. The molecule has 68 heavy (non-hydrogen) atoms. The first kappa shape index (κ1) is 44.9. The van der Waals surface area contributed by atoms with Crippen molar-refractivity contribution in [3.8, 4) is 11.4 Å². The lowest BCUT2D eigenvalue weighted by atomic mass is 10.1. The van der Waals surface area contributed by atoms with Crippen LogP contribution in [0.2, 0.25) is 0 Å². The number of aromatic hydroxyl groups is 1. The summed E-state index contributed by atoms with van der Waals surface area (Å²) in [5.74, 6) is -0.0717. The van der Waals surface area contributed by atoms with Gasteiger partial charge in [0.05, 0.1) is 39.8 Å². The van der Waals surface area contributed by atoms with Gasteiger partial charge in [0.25, 0.3) is 20.2 Å². The van der Waals surface area contributed by atoms with Gasteiger partial charge in [0, 0.05) is 16.2 Å². The summed E-state index contributed by atoms with van der Waals surface area (Å²) in [5, 5.41) is 57.2. The number of phenolic OH excluding ortho intramolecular Hbond substituents is 1. The zero-order valence-electron chi connectivity index (χ0n) is 36.4. The Morgan fingerprint density at radius 2 is 0.956 bits per heavy atom. The molecule has 9 aromatic rings. The van der Waals surface area contributed by atoms with E-state index in [1.165, 1.54) is 29.1 Å². The van der Waals surface area contributed by atoms with Crippen molar-refractivity contribution in [1.82, 2.24) is 15.0 Å². The molecule has 0 fully saturated rings. The van der Waals surface area contributed by atoms with Crippen LogP contribution in [0.15, 0.2) is 184 Å². The summed E-state index contributed by atoms with van der Waals surface area (Å²) < 4.78 is 67.1. The zero-order valence-corrected chi connectivity index (χ0v) is 38.0. The lowest BCUT2D eigenvalue weighted by molar-refractivity contribution is 0.481. The summed E-state index contributed by atoms with van der Waals surface area (Å²) in [6, 6.07) is 36.8. The Morgan fingerprint density at radius 3 is 1.59 bits per heavy atom. The molecule has 3 N–H and O–H groups in total. The number of hydrogen-bond acceptors (Lipinski definition) is 15. The quantitative estimate of drug-likeness (QED) is 0.0821. The molecule has 0 amide bonds. The second kappa shape index (κ2) is 17.8. The highest BCUT2D eigenvalue weighted by molar-refractivity contribution is 7.86. The number of nitrogens with zero attached hydrogens (tertiary/aromatic N) is 11. The van der Waals surface area contributed by atoms with Gasteiger partial charge >= 0.3 is 0 Å². The monoisotopic (exact) mass is 943 g/mol. The molecular formula is C48H37N11O7S2. The molecule has 338 valence electrons. The van der Waals surface area contributed by atoms with E-state index in [9.17, 15) is 31.0 Å². The van der Waals surface area contributed by atoms with Crippen molar-refractivity contribution >= 4 is 98.3 Å². The van der Waals surface area contributed by atoms with E-state index in [4.69, 9.17) is 0 Å². The fourth-order valence-electron chi connectivity index (χ4n) is 7.36. The van der Waals surface area contributed by atoms with Gasteiger partial charge in [-0.05, 0) is 146 Å². The fourth-order valence-corrected chi connectivity index (χ4v) is 8.70. The summed E-state index contributed by atoms with van der Waals surface area (Å²) in [6.45, 7) is 7.47. The van der Waals surface area contributed by atoms with Gasteiger partial charge in [-0.2, -0.15) is 52.3 Å². The number of benzene rings is 8. The minimum Gasteiger partial charge on any atom is -0.505 e. The first-order valence-corrected chi connectivity index (χ1v) is 23.5. The summed E-state index contributed by atoms with van der Waals surface area (Å²) in [6.07, 6.45) is 0. The van der Waals surface area contributed by atoms with Crippen LogP contribution in [0.25, 0.3) is 38.3 Å². The highest BCUT2D eigenvalue weighted by Crippen LogP contribution is 2.39. The molecular weight excluding hydrogens is 907 g/mol. The number of phenols is 1. The van der Waals surface area contributed by atoms with Crippen molar-refractivity contribution in [2.45, 2.75) is 37.5 Å². The fraction of sp³-hybridized carbons (Fsp3) is 0.0833. The van der Waals surface area contributed by atoms with E-state index in [1.54, 1.807) is 91.0 Å². The van der Waals surface area contributed by atoms with Crippen LogP contribution in [0.3, 0.4) is 0 Å². The van der Waals surface area contributed by atoms with Crippen LogP contribution in [0, 0.1) is 27.7 Å². The van der Waals surface area contributed by atoms with Gasteiger partial charge in [-0.25, -0.2) is 0 Å². The number of rotatable bonds is 11. The van der Waals surface area contributed by atoms with Crippen molar-refractivity contribution in [2.24, 2.45) is 40.9 Å². The lowest BCUT2D eigenvalue weighted by Gasteiger charge is -2.07. The van der Waals surface area contributed by atoms with E-state index in [-0.39, 0.29) is 32.4 Å². The van der Waals surface area contributed by atoms with Gasteiger partial charge in [0.15, 0.2) is 5.75 Å². The van der Waals surface area contributed by atoms with E-state index in [0.29, 0.717) is 66.9 Å². The zero-order chi connectivity index (χ0) is 47.9. The summed E-state index contributed by atoms with van der Waals surface area (Å²) >= 11 is 0. The first-order chi connectivity index (χ1) is 32.5. The molecule has 0 atom stereocenters. The van der Waals surface area contributed by atoms with Gasteiger partial charge < -0.3 is 5.11 Å². The normalized spacial score (nSPS) is 12.6. The first-order valence-electron chi connectivity index (χ1n) is 20.6. The third-order valence-corrected chi connectivity index (χ3v) is 12.7. The van der Waals surface area contributed by atoms with Crippen LogP contribution >= 0.6 is 0 Å². The molecule has 0 radical (unpaired) electrons. The largest absolute Gasteiger partial charge is 0.505 e. The van der Waals surface area contributed by atoms with E-state index >= 15 is 0 Å². The van der Waals surface area contributed by atoms with Crippen LogP contribution in [0.1, 0.15) is 22.3 Å². The number of fused-ring (bicyclic) bond motifs is 4. The van der Waals surface area contributed by atoms with E-state index in [2.05, 4.69) is 51.1 Å². The molecule has 0 aliphatic heterocycles. The SMILES string of the molecule is Cc1cc(N=Nc2cc(C)c(N=Nc3ccc4cc(-n5nc6cc(S(=O)(=O)O)c7ccccc7c6n5)ccc4c3O)cc2C)ccc1N=Nc1ccc(N=Nc2ccccc2S(=O)(=O)O)c(C)c1. The average molecular weight is 944 g/mol. The number of aryl methyl sites for hydroxylation is 4. The molecule has 0 aliphatic carbocycles. The predicted molar refractivity (Wildman–Crippen MR) is 257 cm³/mol. The Bertz CT molecular complexity index is 3890. The molecule has 20 heteroatoms. The molecule has 0 spiro atoms.